The largest absolute Gasteiger partial charge is 0.481 e. The van der Waals surface area contributed by atoms with Crippen molar-refractivity contribution in [2.45, 2.75) is 19.3 Å². The minimum atomic E-state index is -0.993. The van der Waals surface area contributed by atoms with Gasteiger partial charge in [-0.25, -0.2) is 4.39 Å². The number of carbonyl (C=O) groups excluding carboxylic acids is 2. The first kappa shape index (κ1) is 29.3. The number of anilines is 2. The van der Waals surface area contributed by atoms with E-state index in [2.05, 4.69) is 15.6 Å². The van der Waals surface area contributed by atoms with Crippen LogP contribution in [0, 0.1) is 11.7 Å². The van der Waals surface area contributed by atoms with Gasteiger partial charge in [0.15, 0.2) is 17.1 Å². The SMILES string of the molecule is CNCC(=O)c1ccc2nc(Nc3ccc(-c4ccc(C(=O)CC(CCc5ccccc5)C(=O)O)cc4)cc3F)oc2c1. The molecule has 0 amide bonds. The number of likely N-dealkylation sites (N-methyl/N-ethyl adjacent to an activating group) is 1. The smallest absolute Gasteiger partial charge is 0.306 e. The molecular weight excluding hydrogens is 549 g/mol. The van der Waals surface area contributed by atoms with Crippen LogP contribution in [0.4, 0.5) is 16.1 Å². The number of nitrogens with one attached hydrogen (secondary N) is 2. The van der Waals surface area contributed by atoms with Gasteiger partial charge in [-0.3, -0.25) is 14.4 Å². The molecule has 1 heterocycles. The number of benzene rings is 4. The highest BCUT2D eigenvalue weighted by molar-refractivity contribution is 6.00. The van der Waals surface area contributed by atoms with E-state index in [1.807, 2.05) is 30.3 Å². The number of Topliss-reactive ketones (excluding diaryl/α,β-unsaturated/α-hetero) is 2. The number of rotatable bonds is 13. The van der Waals surface area contributed by atoms with Gasteiger partial charge in [-0.05, 0) is 66.9 Å². The molecule has 0 saturated carbocycles. The van der Waals surface area contributed by atoms with Crippen molar-refractivity contribution in [2.24, 2.45) is 5.92 Å². The molecule has 0 radical (unpaired) electrons. The van der Waals surface area contributed by atoms with Crippen molar-refractivity contribution in [1.29, 1.82) is 0 Å². The number of carbonyl (C=O) groups is 3. The summed E-state index contributed by atoms with van der Waals surface area (Å²) in [6.45, 7) is 0.196. The Morgan fingerprint density at radius 3 is 2.30 bits per heavy atom. The van der Waals surface area contributed by atoms with Gasteiger partial charge < -0.3 is 20.2 Å². The Bertz CT molecular complexity index is 1770. The summed E-state index contributed by atoms with van der Waals surface area (Å²) in [4.78, 5) is 41.1. The molecule has 9 heteroatoms. The molecule has 0 aliphatic rings. The number of ketones is 2. The van der Waals surface area contributed by atoms with Gasteiger partial charge in [-0.2, -0.15) is 4.98 Å². The fourth-order valence-electron chi connectivity index (χ4n) is 4.81. The number of carboxylic acid groups (broad SMARTS) is 1. The van der Waals surface area contributed by atoms with Crippen LogP contribution in [-0.2, 0) is 11.2 Å². The summed E-state index contributed by atoms with van der Waals surface area (Å²) >= 11 is 0. The van der Waals surface area contributed by atoms with Gasteiger partial charge in [0.1, 0.15) is 11.3 Å². The molecule has 4 aromatic carbocycles. The van der Waals surface area contributed by atoms with Crippen LogP contribution in [-0.4, -0.2) is 41.2 Å². The Morgan fingerprint density at radius 1 is 0.884 bits per heavy atom. The zero-order valence-electron chi connectivity index (χ0n) is 23.5. The van der Waals surface area contributed by atoms with Gasteiger partial charge in [0.25, 0.3) is 6.01 Å². The zero-order chi connectivity index (χ0) is 30.3. The van der Waals surface area contributed by atoms with Gasteiger partial charge in [0.2, 0.25) is 0 Å². The van der Waals surface area contributed by atoms with E-state index in [-0.39, 0.29) is 36.2 Å². The summed E-state index contributed by atoms with van der Waals surface area (Å²) in [5, 5.41) is 15.3. The molecule has 218 valence electrons. The number of carboxylic acids is 1. The molecule has 43 heavy (non-hydrogen) atoms. The van der Waals surface area contributed by atoms with E-state index in [1.165, 1.54) is 6.07 Å². The first-order valence-electron chi connectivity index (χ1n) is 13.9. The van der Waals surface area contributed by atoms with Crippen molar-refractivity contribution < 1.29 is 28.3 Å². The lowest BCUT2D eigenvalue weighted by Crippen LogP contribution is -2.19. The molecule has 5 aromatic rings. The van der Waals surface area contributed by atoms with Crippen LogP contribution in [0.15, 0.2) is 95.4 Å². The molecule has 1 aromatic heterocycles. The second-order valence-electron chi connectivity index (χ2n) is 10.2. The van der Waals surface area contributed by atoms with Crippen LogP contribution in [0.2, 0.25) is 0 Å². The Morgan fingerprint density at radius 2 is 1.60 bits per heavy atom. The maximum atomic E-state index is 15.1. The maximum absolute atomic E-state index is 15.1. The fraction of sp³-hybridized carbons (Fsp3) is 0.176. The predicted octanol–water partition coefficient (Wildman–Crippen LogP) is 6.69. The van der Waals surface area contributed by atoms with E-state index in [9.17, 15) is 19.5 Å². The van der Waals surface area contributed by atoms with Crippen molar-refractivity contribution in [3.8, 4) is 11.1 Å². The zero-order valence-corrected chi connectivity index (χ0v) is 23.5. The second kappa shape index (κ2) is 13.2. The van der Waals surface area contributed by atoms with E-state index in [1.54, 1.807) is 61.6 Å². The average molecular weight is 580 g/mol. The predicted molar refractivity (Wildman–Crippen MR) is 162 cm³/mol. The quantitative estimate of drug-likeness (QED) is 0.132. The molecular formula is C34H30FN3O5. The summed E-state index contributed by atoms with van der Waals surface area (Å²) in [5.74, 6) is -2.65. The lowest BCUT2D eigenvalue weighted by Gasteiger charge is -2.12. The highest BCUT2D eigenvalue weighted by Crippen LogP contribution is 2.29. The third kappa shape index (κ3) is 7.20. The molecule has 3 N–H and O–H groups in total. The summed E-state index contributed by atoms with van der Waals surface area (Å²) < 4.78 is 20.8. The summed E-state index contributed by atoms with van der Waals surface area (Å²) in [6, 6.07) is 25.9. The Labute approximate surface area is 247 Å². The molecule has 0 aliphatic carbocycles. The minimum absolute atomic E-state index is 0.0855. The molecule has 5 rings (SSSR count). The Balaban J connectivity index is 1.23. The van der Waals surface area contributed by atoms with Crippen LogP contribution < -0.4 is 10.6 Å². The molecule has 0 aliphatic heterocycles. The van der Waals surface area contributed by atoms with Crippen LogP contribution in [0.25, 0.3) is 22.2 Å². The van der Waals surface area contributed by atoms with E-state index < -0.39 is 17.7 Å². The van der Waals surface area contributed by atoms with E-state index >= 15 is 4.39 Å². The van der Waals surface area contributed by atoms with Crippen molar-refractivity contribution in [2.75, 3.05) is 18.9 Å². The van der Waals surface area contributed by atoms with Gasteiger partial charge >= 0.3 is 5.97 Å². The topological polar surface area (TPSA) is 122 Å². The number of aryl methyl sites for hydroxylation is 1. The van der Waals surface area contributed by atoms with Gasteiger partial charge in [-0.1, -0.05) is 60.7 Å². The first-order valence-corrected chi connectivity index (χ1v) is 13.9. The summed E-state index contributed by atoms with van der Waals surface area (Å²) in [7, 11) is 1.69. The highest BCUT2D eigenvalue weighted by Gasteiger charge is 2.22. The minimum Gasteiger partial charge on any atom is -0.481 e. The highest BCUT2D eigenvalue weighted by atomic mass is 19.1. The lowest BCUT2D eigenvalue weighted by molar-refractivity contribution is -0.141. The number of halogens is 1. The number of fused-ring (bicyclic) bond motifs is 1. The molecule has 8 nitrogen and oxygen atoms in total. The van der Waals surface area contributed by atoms with Crippen molar-refractivity contribution in [1.82, 2.24) is 10.3 Å². The molecule has 0 fully saturated rings. The number of hydrogen-bond donors (Lipinski definition) is 3. The van der Waals surface area contributed by atoms with Gasteiger partial charge in [-0.15, -0.1) is 0 Å². The Kier molecular flexibility index (Phi) is 9.02. The molecule has 0 saturated heterocycles. The normalized spacial score (nSPS) is 11.8. The number of oxazole rings is 1. The third-order valence-corrected chi connectivity index (χ3v) is 7.20. The summed E-state index contributed by atoms with van der Waals surface area (Å²) in [6.07, 6.45) is 0.843. The van der Waals surface area contributed by atoms with Gasteiger partial charge in [0.05, 0.1) is 18.2 Å². The van der Waals surface area contributed by atoms with Crippen LogP contribution >= 0.6 is 0 Å². The molecule has 0 bridgehead atoms. The third-order valence-electron chi connectivity index (χ3n) is 7.20. The monoisotopic (exact) mass is 579 g/mol. The average Bonchev–Trinajstić information content (AvgIpc) is 3.42. The maximum Gasteiger partial charge on any atom is 0.306 e. The van der Waals surface area contributed by atoms with Crippen LogP contribution in [0.5, 0.6) is 0 Å². The van der Waals surface area contributed by atoms with Crippen molar-refractivity contribution in [3.05, 3.63) is 114 Å². The molecule has 1 unspecified atom stereocenters. The number of nitrogens with zero attached hydrogens (tertiary/aromatic N) is 1. The van der Waals surface area contributed by atoms with Crippen LogP contribution in [0.3, 0.4) is 0 Å². The standard InChI is InChI=1S/C34H30FN3O5/c1-36-20-31(40)25-14-16-29-32(19-25)43-34(38-29)37-28-15-13-24(17-27(28)35)22-9-11-23(12-10-22)30(39)18-26(33(41)42)8-7-21-5-3-2-4-6-21/h2-6,9-17,19,26,36H,7-8,18,20H2,1H3,(H,37,38)(H,41,42). The second-order valence-corrected chi connectivity index (χ2v) is 10.2. The van der Waals surface area contributed by atoms with Crippen LogP contribution in [0.1, 0.15) is 39.1 Å². The molecule has 1 atom stereocenters. The Hall–Kier alpha value is -5.15. The van der Waals surface area contributed by atoms with Crippen molar-refractivity contribution in [3.63, 3.8) is 0 Å². The number of aliphatic carboxylic acids is 1. The van der Waals surface area contributed by atoms with E-state index in [4.69, 9.17) is 4.42 Å². The molecule has 0 spiro atoms. The van der Waals surface area contributed by atoms with E-state index in [0.717, 1.165) is 5.56 Å². The van der Waals surface area contributed by atoms with Crippen molar-refractivity contribution >= 4 is 40.3 Å². The number of hydrogen-bond acceptors (Lipinski definition) is 7. The van der Waals surface area contributed by atoms with Gasteiger partial charge in [0, 0.05) is 17.5 Å². The fourth-order valence-corrected chi connectivity index (χ4v) is 4.81. The first-order chi connectivity index (χ1) is 20.8. The lowest BCUT2D eigenvalue weighted by atomic mass is 9.92. The number of aromatic nitrogens is 1. The van der Waals surface area contributed by atoms with E-state index in [0.29, 0.717) is 46.2 Å². The summed E-state index contributed by atoms with van der Waals surface area (Å²) in [5.41, 5.74) is 4.30.